The summed E-state index contributed by atoms with van der Waals surface area (Å²) in [5.41, 5.74) is 1.01. The topological polar surface area (TPSA) is 59.6 Å². The van der Waals surface area contributed by atoms with Crippen molar-refractivity contribution in [3.63, 3.8) is 0 Å². The lowest BCUT2D eigenvalue weighted by atomic mass is 10.1. The van der Waals surface area contributed by atoms with E-state index in [4.69, 9.17) is 4.42 Å². The largest absolute Gasteiger partial charge is 0.467 e. The Bertz CT molecular complexity index is 1340. The van der Waals surface area contributed by atoms with Crippen LogP contribution in [0.5, 0.6) is 0 Å². The molecule has 4 nitrogen and oxygen atoms in total. The van der Waals surface area contributed by atoms with E-state index >= 15 is 0 Å². The third-order valence-electron chi connectivity index (χ3n) is 4.76. The van der Waals surface area contributed by atoms with Crippen LogP contribution in [0.3, 0.4) is 0 Å². The summed E-state index contributed by atoms with van der Waals surface area (Å²) in [6, 6.07) is 22.7. The van der Waals surface area contributed by atoms with Crippen LogP contribution in [0.25, 0.3) is 10.8 Å². The summed E-state index contributed by atoms with van der Waals surface area (Å²) >= 11 is 1.61. The second kappa shape index (κ2) is 7.16. The van der Waals surface area contributed by atoms with Gasteiger partial charge in [-0.15, -0.1) is 15.5 Å². The van der Waals surface area contributed by atoms with Crippen molar-refractivity contribution in [1.29, 1.82) is 0 Å². The number of benzene rings is 3. The van der Waals surface area contributed by atoms with E-state index in [0.717, 1.165) is 31.9 Å². The molecule has 2 unspecified atom stereocenters. The van der Waals surface area contributed by atoms with Gasteiger partial charge in [-0.3, -0.25) is 0 Å². The van der Waals surface area contributed by atoms with Gasteiger partial charge in [0.25, 0.3) is 10.0 Å². The Morgan fingerprint density at radius 3 is 2.45 bits per heavy atom. The molecule has 5 rings (SSSR count). The molecule has 0 fully saturated rings. The van der Waals surface area contributed by atoms with Crippen LogP contribution in [0.2, 0.25) is 0 Å². The molecule has 0 amide bonds. The zero-order chi connectivity index (χ0) is 20.0. The molecule has 146 valence electrons. The van der Waals surface area contributed by atoms with E-state index in [2.05, 4.69) is 9.83 Å². The minimum atomic E-state index is -3.82. The Balaban J connectivity index is 1.76. The standard InChI is InChI=1S/C22H17NO3S3/c1-15-10-12-17(13-11-15)29(24,25)23-28-20-9-3-6-16-5-2-8-19(21(16)20)27-22(28)18-7-4-14-26-18/h2-14,22H,1H3. The minimum absolute atomic E-state index is 0.213. The van der Waals surface area contributed by atoms with Gasteiger partial charge in [-0.05, 0) is 59.4 Å². The number of thioether (sulfide) groups is 1. The molecule has 0 saturated carbocycles. The van der Waals surface area contributed by atoms with Crippen molar-refractivity contribution in [2.45, 2.75) is 26.2 Å². The minimum Gasteiger partial charge on any atom is -0.467 e. The predicted octanol–water partition coefficient (Wildman–Crippen LogP) is 6.10. The molecule has 0 saturated heterocycles. The van der Waals surface area contributed by atoms with Crippen LogP contribution in [0, 0.1) is 6.92 Å². The number of sulfonamides is 1. The molecular weight excluding hydrogens is 422 g/mol. The van der Waals surface area contributed by atoms with Crippen molar-refractivity contribution in [3.8, 4) is 0 Å². The highest BCUT2D eigenvalue weighted by Crippen LogP contribution is 2.50. The Hall–Kier alpha value is -2.35. The molecule has 7 heteroatoms. The van der Waals surface area contributed by atoms with Gasteiger partial charge in [-0.1, -0.05) is 42.0 Å². The van der Waals surface area contributed by atoms with Gasteiger partial charge in [0.1, 0.15) is 10.3 Å². The number of furan rings is 1. The number of hydrogen-bond donors (Lipinski definition) is 0. The number of hydrogen-bond acceptors (Lipinski definition) is 4. The zero-order valence-corrected chi connectivity index (χ0v) is 17.9. The number of rotatable bonds is 3. The highest BCUT2D eigenvalue weighted by Gasteiger charge is 2.31. The molecule has 0 aliphatic carbocycles. The van der Waals surface area contributed by atoms with Gasteiger partial charge in [-0.25, -0.2) is 0 Å². The molecule has 0 radical (unpaired) electrons. The van der Waals surface area contributed by atoms with Crippen molar-refractivity contribution in [3.05, 3.63) is 90.4 Å². The fourth-order valence-corrected chi connectivity index (χ4v) is 9.25. The maximum absolute atomic E-state index is 13.2. The van der Waals surface area contributed by atoms with Crippen LogP contribution in [0.4, 0.5) is 0 Å². The van der Waals surface area contributed by atoms with Crippen LogP contribution in [-0.4, -0.2) is 8.42 Å². The van der Waals surface area contributed by atoms with Gasteiger partial charge in [0.15, 0.2) is 0 Å². The maximum atomic E-state index is 13.2. The van der Waals surface area contributed by atoms with Crippen LogP contribution in [-0.2, 0) is 20.7 Å². The number of nitrogens with zero attached hydrogens (tertiary/aromatic N) is 1. The Kier molecular flexibility index (Phi) is 4.61. The van der Waals surface area contributed by atoms with E-state index in [1.807, 2.05) is 49.4 Å². The fraction of sp³-hybridized carbons (Fsp3) is 0.0909. The van der Waals surface area contributed by atoms with Crippen molar-refractivity contribution < 1.29 is 12.8 Å². The van der Waals surface area contributed by atoms with E-state index in [-0.39, 0.29) is 9.48 Å². The van der Waals surface area contributed by atoms with Crippen LogP contribution >= 0.6 is 11.8 Å². The smallest absolute Gasteiger partial charge is 0.288 e. The Labute approximate surface area is 176 Å². The summed E-state index contributed by atoms with van der Waals surface area (Å²) in [5.74, 6) is 0.729. The van der Waals surface area contributed by atoms with E-state index in [1.54, 1.807) is 42.3 Å². The summed E-state index contributed by atoms with van der Waals surface area (Å²) in [6.45, 7) is 1.93. The lowest BCUT2D eigenvalue weighted by molar-refractivity contribution is 0.528. The normalized spacial score (nSPS) is 18.9. The second-order valence-electron chi connectivity index (χ2n) is 6.75. The fourth-order valence-electron chi connectivity index (χ4n) is 3.35. The summed E-state index contributed by atoms with van der Waals surface area (Å²) in [4.78, 5) is 2.27. The van der Waals surface area contributed by atoms with Gasteiger partial charge in [0.05, 0.1) is 11.2 Å². The first-order valence-electron chi connectivity index (χ1n) is 9.03. The first-order valence-corrected chi connectivity index (χ1v) is 12.6. The highest BCUT2D eigenvalue weighted by molar-refractivity contribution is 8.14. The highest BCUT2D eigenvalue weighted by atomic mass is 32.3. The molecule has 1 aliphatic heterocycles. The quantitative estimate of drug-likeness (QED) is 0.387. The predicted molar refractivity (Wildman–Crippen MR) is 118 cm³/mol. The second-order valence-corrected chi connectivity index (χ2v) is 11.8. The van der Waals surface area contributed by atoms with Crippen LogP contribution in [0.15, 0.2) is 102 Å². The third kappa shape index (κ3) is 3.33. The first-order chi connectivity index (χ1) is 14.0. The molecule has 0 spiro atoms. The SMILES string of the molecule is Cc1ccc(S(=O)(=O)/N=S2\c3cccc4cccc(c34)SC2c2ccco2)cc1. The molecular formula is C22H17NO3S3. The summed E-state index contributed by atoms with van der Waals surface area (Å²) < 4.78 is 36.2. The molecule has 29 heavy (non-hydrogen) atoms. The zero-order valence-electron chi connectivity index (χ0n) is 15.5. The lowest BCUT2D eigenvalue weighted by Crippen LogP contribution is -2.11. The van der Waals surface area contributed by atoms with E-state index in [1.165, 1.54) is 0 Å². The molecule has 3 aromatic carbocycles. The first kappa shape index (κ1) is 18.7. The molecule has 2 atom stereocenters. The molecule has 1 aliphatic rings. The van der Waals surface area contributed by atoms with Crippen LogP contribution in [0.1, 0.15) is 15.9 Å². The van der Waals surface area contributed by atoms with Gasteiger partial charge in [-0.2, -0.15) is 8.42 Å². The van der Waals surface area contributed by atoms with Crippen molar-refractivity contribution >= 4 is 43.2 Å². The lowest BCUT2D eigenvalue weighted by Gasteiger charge is -2.26. The number of aryl methyl sites for hydroxylation is 1. The maximum Gasteiger partial charge on any atom is 0.288 e. The van der Waals surface area contributed by atoms with Crippen LogP contribution < -0.4 is 0 Å². The molecule has 0 N–H and O–H groups in total. The average molecular weight is 440 g/mol. The van der Waals surface area contributed by atoms with Gasteiger partial charge >= 0.3 is 0 Å². The molecule has 1 aromatic heterocycles. The molecule has 0 bridgehead atoms. The molecule has 2 heterocycles. The molecule has 4 aromatic rings. The Morgan fingerprint density at radius 1 is 0.966 bits per heavy atom. The third-order valence-corrected chi connectivity index (χ3v) is 10.4. The van der Waals surface area contributed by atoms with E-state index in [0.29, 0.717) is 0 Å². The van der Waals surface area contributed by atoms with Gasteiger partial charge in [0.2, 0.25) is 0 Å². The van der Waals surface area contributed by atoms with Gasteiger partial charge in [0, 0.05) is 15.2 Å². The van der Waals surface area contributed by atoms with E-state index < -0.39 is 20.7 Å². The van der Waals surface area contributed by atoms with Crippen molar-refractivity contribution in [1.82, 2.24) is 0 Å². The van der Waals surface area contributed by atoms with E-state index in [9.17, 15) is 8.42 Å². The monoisotopic (exact) mass is 439 g/mol. The summed E-state index contributed by atoms with van der Waals surface area (Å²) in [5, 5.41) is 2.17. The Morgan fingerprint density at radius 2 is 1.72 bits per heavy atom. The summed E-state index contributed by atoms with van der Waals surface area (Å²) in [6.07, 6.45) is 1.62. The average Bonchev–Trinajstić information content (AvgIpc) is 3.25. The van der Waals surface area contributed by atoms with Crippen molar-refractivity contribution in [2.24, 2.45) is 3.77 Å². The van der Waals surface area contributed by atoms with Crippen molar-refractivity contribution in [2.75, 3.05) is 0 Å². The summed E-state index contributed by atoms with van der Waals surface area (Å²) in [7, 11) is -4.75. The van der Waals surface area contributed by atoms with Gasteiger partial charge < -0.3 is 4.42 Å².